The van der Waals surface area contributed by atoms with Crippen molar-refractivity contribution in [3.63, 3.8) is 0 Å². The number of carboxylic acid groups (broad SMARTS) is 2. The summed E-state index contributed by atoms with van der Waals surface area (Å²) in [4.78, 5) is 22.8. The summed E-state index contributed by atoms with van der Waals surface area (Å²) < 4.78 is 10.4. The third-order valence-corrected chi connectivity index (χ3v) is 3.85. The lowest BCUT2D eigenvalue weighted by Crippen LogP contribution is -2.54. The van der Waals surface area contributed by atoms with Crippen molar-refractivity contribution < 1.29 is 34.4 Å². The van der Waals surface area contributed by atoms with Gasteiger partial charge < -0.3 is 24.8 Å². The summed E-state index contributed by atoms with van der Waals surface area (Å²) in [6.45, 7) is 5.43. The highest BCUT2D eigenvalue weighted by atomic mass is 16.8. The van der Waals surface area contributed by atoms with E-state index in [1.807, 2.05) is 13.8 Å². The third-order valence-electron chi connectivity index (χ3n) is 3.85. The van der Waals surface area contributed by atoms with E-state index in [4.69, 9.17) is 9.47 Å². The lowest BCUT2D eigenvalue weighted by Gasteiger charge is -2.18. The van der Waals surface area contributed by atoms with E-state index in [9.17, 15) is 24.9 Å². The van der Waals surface area contributed by atoms with Gasteiger partial charge in [-0.25, -0.2) is 9.59 Å². The van der Waals surface area contributed by atoms with Crippen molar-refractivity contribution >= 4 is 11.9 Å². The molecule has 1 heterocycles. The molecule has 1 aliphatic rings. The summed E-state index contributed by atoms with van der Waals surface area (Å²) in [7, 11) is 0. The molecular weight excluding hydrogens is 304 g/mol. The van der Waals surface area contributed by atoms with Gasteiger partial charge in [-0.05, 0) is 43.4 Å². The van der Waals surface area contributed by atoms with Gasteiger partial charge in [-0.2, -0.15) is 0 Å². The van der Waals surface area contributed by atoms with E-state index in [1.54, 1.807) is 13.0 Å². The minimum absolute atomic E-state index is 0.109. The van der Waals surface area contributed by atoms with Gasteiger partial charge in [-0.15, -0.1) is 0 Å². The Labute approximate surface area is 133 Å². The number of hydrogen-bond donors (Lipinski definition) is 3. The number of benzene rings is 1. The van der Waals surface area contributed by atoms with E-state index in [2.05, 4.69) is 0 Å². The topological polar surface area (TPSA) is 113 Å². The Balaban J connectivity index is 2.63. The normalized spacial score (nSPS) is 16.2. The Kier molecular flexibility index (Phi) is 4.51. The molecule has 0 saturated carbocycles. The number of aliphatic carboxylic acids is 2. The second-order valence-electron chi connectivity index (χ2n) is 5.51. The van der Waals surface area contributed by atoms with Crippen LogP contribution in [0.4, 0.5) is 0 Å². The molecule has 0 aromatic heterocycles. The maximum Gasteiger partial charge on any atom is 0.453 e. The molecule has 0 fully saturated rings. The van der Waals surface area contributed by atoms with E-state index in [-0.39, 0.29) is 11.5 Å². The van der Waals surface area contributed by atoms with Crippen molar-refractivity contribution in [2.24, 2.45) is 0 Å². The monoisotopic (exact) mass is 324 g/mol. The zero-order valence-electron chi connectivity index (χ0n) is 13.3. The van der Waals surface area contributed by atoms with Crippen molar-refractivity contribution in [3.8, 4) is 11.5 Å². The molecule has 0 aliphatic carbocycles. The molecule has 0 amide bonds. The molecule has 1 atom stereocenters. The molecule has 0 bridgehead atoms. The smallest absolute Gasteiger partial charge is 0.453 e. The number of aliphatic hydroxyl groups excluding tert-OH is 1. The summed E-state index contributed by atoms with van der Waals surface area (Å²) in [6, 6.07) is 1.60. The van der Waals surface area contributed by atoms with Crippen LogP contribution in [0.15, 0.2) is 6.07 Å². The lowest BCUT2D eigenvalue weighted by molar-refractivity contribution is -0.194. The van der Waals surface area contributed by atoms with Crippen molar-refractivity contribution in [1.29, 1.82) is 0 Å². The van der Waals surface area contributed by atoms with Gasteiger partial charge in [-0.1, -0.05) is 13.8 Å². The SMILES string of the molecule is CCc1cc2c(c(CC)c1C[C@H](C)O)OC(C(=O)O)(C(=O)O)O2. The van der Waals surface area contributed by atoms with Gasteiger partial charge in [0.15, 0.2) is 11.5 Å². The van der Waals surface area contributed by atoms with Gasteiger partial charge in [0, 0.05) is 5.56 Å². The Morgan fingerprint density at radius 2 is 1.74 bits per heavy atom. The molecule has 1 aliphatic heterocycles. The Hall–Kier alpha value is -2.28. The highest BCUT2D eigenvalue weighted by molar-refractivity contribution is 6.01. The summed E-state index contributed by atoms with van der Waals surface area (Å²) in [5.41, 5.74) is 2.39. The summed E-state index contributed by atoms with van der Waals surface area (Å²) in [5, 5.41) is 28.2. The number of carbonyl (C=O) groups is 2. The first-order valence-corrected chi connectivity index (χ1v) is 7.47. The second-order valence-corrected chi connectivity index (χ2v) is 5.51. The predicted octanol–water partition coefficient (Wildman–Crippen LogP) is 1.37. The standard InChI is InChI=1S/C16H20O7/c1-4-9-7-12-13(10(5-2)11(9)6-8(3)17)23-16(22-12,14(18)19)15(20)21/h7-8,17H,4-6H2,1-3H3,(H,18,19)(H,20,21)/t8-/m0/s1. The van der Waals surface area contributed by atoms with Crippen LogP contribution in [-0.4, -0.2) is 39.1 Å². The average molecular weight is 324 g/mol. The van der Waals surface area contributed by atoms with E-state index < -0.39 is 23.8 Å². The van der Waals surface area contributed by atoms with Crippen LogP contribution in [0.5, 0.6) is 11.5 Å². The highest BCUT2D eigenvalue weighted by Gasteiger charge is 2.58. The van der Waals surface area contributed by atoms with Crippen LogP contribution in [0.25, 0.3) is 0 Å². The summed E-state index contributed by atoms with van der Waals surface area (Å²) in [6.07, 6.45) is 0.918. The van der Waals surface area contributed by atoms with Gasteiger partial charge in [0.25, 0.3) is 0 Å². The number of aliphatic hydroxyl groups is 1. The third kappa shape index (κ3) is 2.72. The fraction of sp³-hybridized carbons (Fsp3) is 0.500. The van der Waals surface area contributed by atoms with Crippen LogP contribution in [0.3, 0.4) is 0 Å². The molecule has 0 unspecified atom stereocenters. The zero-order chi connectivity index (χ0) is 17.4. The zero-order valence-corrected chi connectivity index (χ0v) is 13.3. The molecule has 0 radical (unpaired) electrons. The first kappa shape index (κ1) is 17.1. The van der Waals surface area contributed by atoms with Gasteiger partial charge >= 0.3 is 17.7 Å². The molecule has 7 heteroatoms. The molecule has 7 nitrogen and oxygen atoms in total. The maximum absolute atomic E-state index is 11.4. The Morgan fingerprint density at radius 3 is 2.17 bits per heavy atom. The quantitative estimate of drug-likeness (QED) is 0.677. The van der Waals surface area contributed by atoms with Crippen molar-refractivity contribution in [3.05, 3.63) is 22.8 Å². The minimum atomic E-state index is -2.76. The largest absolute Gasteiger partial charge is 0.475 e. The molecule has 0 spiro atoms. The fourth-order valence-electron chi connectivity index (χ4n) is 2.80. The van der Waals surface area contributed by atoms with Gasteiger partial charge in [-0.3, -0.25) is 0 Å². The number of hydrogen-bond acceptors (Lipinski definition) is 5. The Bertz CT molecular complexity index is 634. The first-order valence-electron chi connectivity index (χ1n) is 7.47. The molecule has 23 heavy (non-hydrogen) atoms. The number of aryl methyl sites for hydroxylation is 1. The van der Waals surface area contributed by atoms with Crippen LogP contribution in [0.1, 0.15) is 37.5 Å². The van der Waals surface area contributed by atoms with Crippen molar-refractivity contribution in [2.75, 3.05) is 0 Å². The molecule has 3 N–H and O–H groups in total. The van der Waals surface area contributed by atoms with E-state index in [0.29, 0.717) is 24.8 Å². The highest BCUT2D eigenvalue weighted by Crippen LogP contribution is 2.45. The number of rotatable bonds is 6. The van der Waals surface area contributed by atoms with Crippen LogP contribution >= 0.6 is 0 Å². The lowest BCUT2D eigenvalue weighted by atomic mass is 9.92. The van der Waals surface area contributed by atoms with Crippen LogP contribution < -0.4 is 9.47 Å². The molecular formula is C16H20O7. The van der Waals surface area contributed by atoms with Crippen molar-refractivity contribution in [1.82, 2.24) is 0 Å². The van der Waals surface area contributed by atoms with E-state index in [1.165, 1.54) is 0 Å². The van der Waals surface area contributed by atoms with Gasteiger partial charge in [0.2, 0.25) is 0 Å². The predicted molar refractivity (Wildman–Crippen MR) is 79.8 cm³/mol. The molecule has 1 aromatic carbocycles. The molecule has 126 valence electrons. The number of ether oxygens (including phenoxy) is 2. The number of fused-ring (bicyclic) bond motifs is 1. The first-order chi connectivity index (χ1) is 10.8. The average Bonchev–Trinajstić information content (AvgIpc) is 2.86. The molecule has 0 saturated heterocycles. The van der Waals surface area contributed by atoms with Gasteiger partial charge in [0.1, 0.15) is 0 Å². The molecule has 1 aromatic rings. The summed E-state index contributed by atoms with van der Waals surface area (Å²) in [5.74, 6) is -5.97. The minimum Gasteiger partial charge on any atom is -0.475 e. The maximum atomic E-state index is 11.4. The Morgan fingerprint density at radius 1 is 1.13 bits per heavy atom. The van der Waals surface area contributed by atoms with Crippen LogP contribution in [-0.2, 0) is 28.9 Å². The fourth-order valence-corrected chi connectivity index (χ4v) is 2.80. The van der Waals surface area contributed by atoms with Crippen LogP contribution in [0.2, 0.25) is 0 Å². The van der Waals surface area contributed by atoms with E-state index >= 15 is 0 Å². The van der Waals surface area contributed by atoms with Crippen LogP contribution in [0, 0.1) is 0 Å². The second kappa shape index (κ2) is 6.08. The molecule has 2 rings (SSSR count). The van der Waals surface area contributed by atoms with Crippen molar-refractivity contribution in [2.45, 2.75) is 51.9 Å². The van der Waals surface area contributed by atoms with Gasteiger partial charge in [0.05, 0.1) is 6.10 Å². The summed E-state index contributed by atoms with van der Waals surface area (Å²) >= 11 is 0. The van der Waals surface area contributed by atoms with E-state index in [0.717, 1.165) is 11.1 Å². The number of carboxylic acids is 2.